The number of carbonyl (C=O) groups is 2. The Morgan fingerprint density at radius 2 is 1.75 bits per heavy atom. The highest BCUT2D eigenvalue weighted by Gasteiger charge is 2.60. The summed E-state index contributed by atoms with van der Waals surface area (Å²) in [7, 11) is 0. The van der Waals surface area contributed by atoms with Crippen LogP contribution in [0.3, 0.4) is 0 Å². The van der Waals surface area contributed by atoms with E-state index in [1.165, 1.54) is 44.1 Å². The van der Waals surface area contributed by atoms with Crippen LogP contribution < -0.4 is 0 Å². The lowest BCUT2D eigenvalue weighted by Crippen LogP contribution is -2.51. The van der Waals surface area contributed by atoms with Crippen LogP contribution in [0.15, 0.2) is 11.6 Å². The first kappa shape index (κ1) is 18.9. The van der Waals surface area contributed by atoms with Gasteiger partial charge in [0.05, 0.1) is 5.92 Å². The van der Waals surface area contributed by atoms with E-state index in [9.17, 15) is 9.59 Å². The number of ether oxygens (including phenoxy) is 1. The predicted molar refractivity (Wildman–Crippen MR) is 109 cm³/mol. The van der Waals surface area contributed by atoms with Gasteiger partial charge in [-0.05, 0) is 87.0 Å². The van der Waals surface area contributed by atoms with Crippen LogP contribution in [0.2, 0.25) is 0 Å². The maximum absolute atomic E-state index is 12.7. The van der Waals surface area contributed by atoms with Crippen molar-refractivity contribution in [3.63, 3.8) is 0 Å². The van der Waals surface area contributed by atoms with Crippen molar-refractivity contribution >= 4 is 11.8 Å². The second-order valence-corrected chi connectivity index (χ2v) is 11.0. The molecule has 5 aliphatic rings. The molecule has 6 atom stereocenters. The van der Waals surface area contributed by atoms with Crippen molar-refractivity contribution in [2.24, 2.45) is 34.5 Å². The first-order chi connectivity index (χ1) is 13.4. The van der Waals surface area contributed by atoms with Crippen molar-refractivity contribution in [1.82, 2.24) is 0 Å². The number of esters is 1. The van der Waals surface area contributed by atoms with Crippen LogP contribution in [0.5, 0.6) is 0 Å². The Labute approximate surface area is 169 Å². The molecule has 0 radical (unpaired) electrons. The third kappa shape index (κ3) is 2.75. The van der Waals surface area contributed by atoms with Gasteiger partial charge >= 0.3 is 5.97 Å². The number of allylic oxidation sites excluding steroid dienone is 1. The highest BCUT2D eigenvalue weighted by atomic mass is 16.5. The molecule has 4 fully saturated rings. The first-order valence-corrected chi connectivity index (χ1v) is 11.9. The van der Waals surface area contributed by atoms with Crippen molar-refractivity contribution in [3.8, 4) is 0 Å². The number of ketones is 1. The molecule has 5 aliphatic carbocycles. The van der Waals surface area contributed by atoms with E-state index < -0.39 is 0 Å². The third-order valence-corrected chi connectivity index (χ3v) is 9.82. The molecule has 4 saturated carbocycles. The summed E-state index contributed by atoms with van der Waals surface area (Å²) in [5.41, 5.74) is 1.84. The molecule has 154 valence electrons. The van der Waals surface area contributed by atoms with Gasteiger partial charge in [-0.1, -0.05) is 32.3 Å². The number of fused-ring (bicyclic) bond motifs is 5. The largest absolute Gasteiger partial charge is 0.462 e. The van der Waals surface area contributed by atoms with E-state index in [2.05, 4.69) is 13.8 Å². The Balaban J connectivity index is 1.35. The van der Waals surface area contributed by atoms with Crippen LogP contribution in [0.25, 0.3) is 0 Å². The quantitative estimate of drug-likeness (QED) is 0.580. The maximum Gasteiger partial charge on any atom is 0.309 e. The molecular weight excluding hydrogens is 348 g/mol. The summed E-state index contributed by atoms with van der Waals surface area (Å²) in [6.45, 7) is 4.86. The van der Waals surface area contributed by atoms with Crippen LogP contribution in [-0.2, 0) is 14.3 Å². The van der Waals surface area contributed by atoms with Gasteiger partial charge in [0, 0.05) is 11.8 Å². The Morgan fingerprint density at radius 1 is 0.964 bits per heavy atom. The van der Waals surface area contributed by atoms with E-state index in [0.717, 1.165) is 44.4 Å². The van der Waals surface area contributed by atoms with E-state index >= 15 is 0 Å². The third-order valence-electron chi connectivity index (χ3n) is 9.82. The lowest BCUT2D eigenvalue weighted by Gasteiger charge is -2.57. The molecule has 0 heterocycles. The monoisotopic (exact) mass is 384 g/mol. The van der Waals surface area contributed by atoms with Gasteiger partial charge in [-0.3, -0.25) is 9.59 Å². The molecule has 0 unspecified atom stereocenters. The highest BCUT2D eigenvalue weighted by Crippen LogP contribution is 2.65. The van der Waals surface area contributed by atoms with Crippen LogP contribution in [0, 0.1) is 34.5 Å². The molecule has 0 bridgehead atoms. The summed E-state index contributed by atoms with van der Waals surface area (Å²) in [5, 5.41) is 0. The molecule has 3 nitrogen and oxygen atoms in total. The number of hydrogen-bond acceptors (Lipinski definition) is 3. The molecule has 0 aromatic rings. The minimum atomic E-state index is 0.0955. The molecule has 3 heteroatoms. The van der Waals surface area contributed by atoms with Crippen LogP contribution in [0.1, 0.15) is 90.9 Å². The van der Waals surface area contributed by atoms with Gasteiger partial charge in [0.2, 0.25) is 0 Å². The molecule has 0 saturated heterocycles. The van der Waals surface area contributed by atoms with Crippen molar-refractivity contribution in [1.29, 1.82) is 0 Å². The van der Waals surface area contributed by atoms with Gasteiger partial charge in [0.25, 0.3) is 0 Å². The van der Waals surface area contributed by atoms with E-state index in [1.54, 1.807) is 0 Å². The van der Waals surface area contributed by atoms with Gasteiger partial charge in [-0.2, -0.15) is 0 Å². The van der Waals surface area contributed by atoms with Gasteiger partial charge in [0.1, 0.15) is 6.10 Å². The standard InChI is InChI=1S/C25H36O3/c1-24-13-11-18(26)15-17(24)7-8-19-20-9-10-22(25(20,2)14-12-21(19)24)28-23(27)16-5-3-4-6-16/h15-16,19-22H,3-14H2,1-2H3/t19-,20-,21-,22-,24-,25-/m0/s1. The Hall–Kier alpha value is -1.12. The molecule has 0 aromatic heterocycles. The average Bonchev–Trinajstić information content (AvgIpc) is 3.31. The predicted octanol–water partition coefficient (Wildman–Crippen LogP) is 5.62. The van der Waals surface area contributed by atoms with Crippen LogP contribution >= 0.6 is 0 Å². The summed E-state index contributed by atoms with van der Waals surface area (Å²) >= 11 is 0. The molecular formula is C25H36O3. The summed E-state index contributed by atoms with van der Waals surface area (Å²) in [4.78, 5) is 24.7. The van der Waals surface area contributed by atoms with Gasteiger partial charge in [-0.25, -0.2) is 0 Å². The number of carbonyl (C=O) groups excluding carboxylic acids is 2. The summed E-state index contributed by atoms with van der Waals surface area (Å²) in [6.07, 6.45) is 15.3. The van der Waals surface area contributed by atoms with Crippen molar-refractivity contribution in [3.05, 3.63) is 11.6 Å². The maximum atomic E-state index is 12.7. The topological polar surface area (TPSA) is 43.4 Å². The summed E-state index contributed by atoms with van der Waals surface area (Å²) in [6, 6.07) is 0. The zero-order chi connectivity index (χ0) is 19.5. The molecule has 28 heavy (non-hydrogen) atoms. The Kier molecular flexibility index (Phi) is 4.52. The first-order valence-electron chi connectivity index (χ1n) is 11.9. The zero-order valence-corrected chi connectivity index (χ0v) is 17.7. The van der Waals surface area contributed by atoms with E-state index in [1.807, 2.05) is 6.08 Å². The SMILES string of the molecule is C[C@]12CC[C@H]3[C@@H](CCC4=CC(=O)CC[C@@]43C)[C@@H]1CC[C@@H]2OC(=O)C1CCCC1. The second-order valence-electron chi connectivity index (χ2n) is 11.0. The van der Waals surface area contributed by atoms with Crippen LogP contribution in [0.4, 0.5) is 0 Å². The lowest BCUT2D eigenvalue weighted by atomic mass is 9.47. The highest BCUT2D eigenvalue weighted by molar-refractivity contribution is 5.91. The minimum absolute atomic E-state index is 0.0955. The fourth-order valence-corrected chi connectivity index (χ4v) is 8.10. The Morgan fingerprint density at radius 3 is 2.54 bits per heavy atom. The van der Waals surface area contributed by atoms with Crippen molar-refractivity contribution < 1.29 is 14.3 Å². The van der Waals surface area contributed by atoms with E-state index in [0.29, 0.717) is 17.6 Å². The zero-order valence-electron chi connectivity index (χ0n) is 17.7. The van der Waals surface area contributed by atoms with Gasteiger partial charge in [-0.15, -0.1) is 0 Å². The van der Waals surface area contributed by atoms with Crippen molar-refractivity contribution in [2.75, 3.05) is 0 Å². The molecule has 0 amide bonds. The normalized spacial score (nSPS) is 45.8. The molecule has 0 aromatic carbocycles. The minimum Gasteiger partial charge on any atom is -0.462 e. The molecule has 0 N–H and O–H groups in total. The fourth-order valence-electron chi connectivity index (χ4n) is 8.10. The lowest BCUT2D eigenvalue weighted by molar-refractivity contribution is -0.164. The molecule has 0 aliphatic heterocycles. The van der Waals surface area contributed by atoms with E-state index in [4.69, 9.17) is 4.74 Å². The summed E-state index contributed by atoms with van der Waals surface area (Å²) < 4.78 is 6.20. The average molecular weight is 385 g/mol. The van der Waals surface area contributed by atoms with Gasteiger partial charge in [0.15, 0.2) is 5.78 Å². The second kappa shape index (κ2) is 6.71. The Bertz CT molecular complexity index is 703. The summed E-state index contributed by atoms with van der Waals surface area (Å²) in [5.74, 6) is 2.74. The smallest absolute Gasteiger partial charge is 0.309 e. The number of hydrogen-bond donors (Lipinski definition) is 0. The van der Waals surface area contributed by atoms with E-state index in [-0.39, 0.29) is 28.8 Å². The molecule has 0 spiro atoms. The van der Waals surface area contributed by atoms with Crippen molar-refractivity contribution in [2.45, 2.75) is 97.0 Å². The van der Waals surface area contributed by atoms with Crippen LogP contribution in [-0.4, -0.2) is 17.9 Å². The molecule has 5 rings (SSSR count). The fraction of sp³-hybridized carbons (Fsp3) is 0.840. The van der Waals surface area contributed by atoms with Gasteiger partial charge < -0.3 is 4.74 Å². The number of rotatable bonds is 2.